The van der Waals surface area contributed by atoms with Crippen LogP contribution in [0.1, 0.15) is 31.2 Å². The summed E-state index contributed by atoms with van der Waals surface area (Å²) in [6.45, 7) is 2.10. The third kappa shape index (κ3) is 4.69. The average Bonchev–Trinajstić information content (AvgIpc) is 3.25. The Morgan fingerprint density at radius 2 is 1.96 bits per heavy atom. The molecule has 1 aliphatic heterocycles. The van der Waals surface area contributed by atoms with Crippen LogP contribution in [0, 0.1) is 5.92 Å². The molecule has 1 saturated carbocycles. The van der Waals surface area contributed by atoms with Gasteiger partial charge in [0.05, 0.1) is 6.10 Å². The lowest BCUT2D eigenvalue weighted by Crippen LogP contribution is -2.42. The molecule has 0 radical (unpaired) electrons. The van der Waals surface area contributed by atoms with E-state index in [0.717, 1.165) is 37.4 Å². The first kappa shape index (κ1) is 16.7. The molecule has 23 heavy (non-hydrogen) atoms. The summed E-state index contributed by atoms with van der Waals surface area (Å²) in [6.07, 6.45) is 4.76. The van der Waals surface area contributed by atoms with Crippen molar-refractivity contribution in [1.82, 2.24) is 4.90 Å². The zero-order chi connectivity index (χ0) is 16.2. The predicted molar refractivity (Wildman–Crippen MR) is 91.4 cm³/mol. The highest BCUT2D eigenvalue weighted by molar-refractivity contribution is 6.30. The van der Waals surface area contributed by atoms with E-state index in [9.17, 15) is 4.79 Å². The number of benzene rings is 1. The van der Waals surface area contributed by atoms with Gasteiger partial charge in [-0.2, -0.15) is 0 Å². The lowest BCUT2D eigenvalue weighted by atomic mass is 10.1. The van der Waals surface area contributed by atoms with Crippen LogP contribution in [-0.2, 0) is 16.0 Å². The van der Waals surface area contributed by atoms with Crippen LogP contribution in [0.4, 0.5) is 0 Å². The van der Waals surface area contributed by atoms with Gasteiger partial charge in [0.1, 0.15) is 6.10 Å². The number of nitrogens with two attached hydrogens (primary N) is 1. The first-order valence-electron chi connectivity index (χ1n) is 8.54. The van der Waals surface area contributed by atoms with E-state index in [-0.39, 0.29) is 18.1 Å². The Balaban J connectivity index is 1.58. The number of ether oxygens (including phenoxy) is 1. The highest BCUT2D eigenvalue weighted by Gasteiger charge is 2.35. The van der Waals surface area contributed by atoms with E-state index >= 15 is 0 Å². The van der Waals surface area contributed by atoms with Crippen LogP contribution < -0.4 is 5.73 Å². The van der Waals surface area contributed by atoms with E-state index in [2.05, 4.69) is 0 Å². The Morgan fingerprint density at radius 3 is 2.57 bits per heavy atom. The maximum absolute atomic E-state index is 12.8. The van der Waals surface area contributed by atoms with Gasteiger partial charge in [0.25, 0.3) is 5.91 Å². The molecule has 3 rings (SSSR count). The monoisotopic (exact) mass is 336 g/mol. The van der Waals surface area contributed by atoms with Crippen molar-refractivity contribution in [3.8, 4) is 0 Å². The van der Waals surface area contributed by atoms with Crippen LogP contribution in [-0.4, -0.2) is 42.6 Å². The molecule has 1 heterocycles. The van der Waals surface area contributed by atoms with Crippen molar-refractivity contribution in [3.63, 3.8) is 0 Å². The largest absolute Gasteiger partial charge is 0.364 e. The van der Waals surface area contributed by atoms with Crippen molar-refractivity contribution >= 4 is 17.5 Å². The lowest BCUT2D eigenvalue weighted by Gasteiger charge is -2.26. The summed E-state index contributed by atoms with van der Waals surface area (Å²) in [6, 6.07) is 7.85. The fraction of sp³-hybridized carbons (Fsp3) is 0.611. The van der Waals surface area contributed by atoms with E-state index in [4.69, 9.17) is 22.1 Å². The van der Waals surface area contributed by atoms with Crippen LogP contribution in [0.5, 0.6) is 0 Å². The first-order chi connectivity index (χ1) is 11.2. The Hall–Kier alpha value is -1.10. The second kappa shape index (κ2) is 7.65. The average molecular weight is 337 g/mol. The van der Waals surface area contributed by atoms with Crippen LogP contribution in [0.2, 0.25) is 5.02 Å². The normalized spacial score (nSPS) is 23.9. The molecule has 1 aromatic carbocycles. The summed E-state index contributed by atoms with van der Waals surface area (Å²) in [5.74, 6) is 0.817. The third-order valence-electron chi connectivity index (χ3n) is 4.72. The predicted octanol–water partition coefficient (Wildman–Crippen LogP) is 2.63. The molecular weight excluding hydrogens is 312 g/mol. The van der Waals surface area contributed by atoms with Gasteiger partial charge in [-0.15, -0.1) is 0 Å². The first-order valence-corrected chi connectivity index (χ1v) is 8.92. The van der Waals surface area contributed by atoms with Crippen LogP contribution in [0.3, 0.4) is 0 Å². The number of halogens is 1. The topological polar surface area (TPSA) is 55.6 Å². The molecule has 2 fully saturated rings. The molecule has 0 bridgehead atoms. The maximum Gasteiger partial charge on any atom is 0.251 e. The van der Waals surface area contributed by atoms with Gasteiger partial charge < -0.3 is 15.4 Å². The molecular formula is C18H25ClN2O2. The lowest BCUT2D eigenvalue weighted by molar-refractivity contribution is -0.143. The maximum atomic E-state index is 12.8. The highest BCUT2D eigenvalue weighted by Crippen LogP contribution is 2.31. The van der Waals surface area contributed by atoms with E-state index in [1.807, 2.05) is 29.2 Å². The summed E-state index contributed by atoms with van der Waals surface area (Å²) in [7, 11) is 0. The van der Waals surface area contributed by atoms with Gasteiger partial charge in [-0.05, 0) is 55.7 Å². The number of hydrogen-bond donors (Lipinski definition) is 1. The summed E-state index contributed by atoms with van der Waals surface area (Å²) in [5.41, 5.74) is 6.85. The third-order valence-corrected chi connectivity index (χ3v) is 4.97. The fourth-order valence-electron chi connectivity index (χ4n) is 3.08. The zero-order valence-corrected chi connectivity index (χ0v) is 14.2. The number of amides is 1. The summed E-state index contributed by atoms with van der Waals surface area (Å²) in [5, 5.41) is 0.742. The van der Waals surface area contributed by atoms with Gasteiger partial charge in [0.15, 0.2) is 0 Å². The summed E-state index contributed by atoms with van der Waals surface area (Å²) >= 11 is 5.92. The number of carbonyl (C=O) groups excluding carboxylic acids is 1. The Morgan fingerprint density at radius 1 is 1.22 bits per heavy atom. The quantitative estimate of drug-likeness (QED) is 0.832. The molecule has 5 heteroatoms. The van der Waals surface area contributed by atoms with E-state index in [1.165, 1.54) is 18.4 Å². The SMILES string of the molecule is NC[C@H]1CC[C@@H](C(=O)N(CCc2ccc(Cl)cc2)CC2CC2)O1. The number of rotatable bonds is 7. The minimum Gasteiger partial charge on any atom is -0.364 e. The second-order valence-electron chi connectivity index (χ2n) is 6.66. The Kier molecular flexibility index (Phi) is 5.57. The Labute approximate surface area is 142 Å². The standard InChI is InChI=1S/C18H25ClN2O2/c19-15-5-3-13(4-6-15)9-10-21(12-14-1-2-14)18(22)17-8-7-16(11-20)23-17/h3-6,14,16-17H,1-2,7-12,20H2/t16-,17+/m1/s1. The minimum absolute atomic E-state index is 0.0444. The molecule has 126 valence electrons. The molecule has 0 spiro atoms. The van der Waals surface area contributed by atoms with Crippen molar-refractivity contribution in [3.05, 3.63) is 34.9 Å². The van der Waals surface area contributed by atoms with Gasteiger partial charge >= 0.3 is 0 Å². The van der Waals surface area contributed by atoms with Gasteiger partial charge in [-0.3, -0.25) is 4.79 Å². The molecule has 2 N–H and O–H groups in total. The molecule has 2 aliphatic rings. The zero-order valence-electron chi connectivity index (χ0n) is 13.4. The highest BCUT2D eigenvalue weighted by atomic mass is 35.5. The van der Waals surface area contributed by atoms with Crippen LogP contribution >= 0.6 is 11.6 Å². The van der Waals surface area contributed by atoms with Crippen LogP contribution in [0.25, 0.3) is 0 Å². The molecule has 1 amide bonds. The van der Waals surface area contributed by atoms with Crippen molar-refractivity contribution < 1.29 is 9.53 Å². The van der Waals surface area contributed by atoms with Crippen molar-refractivity contribution in [2.75, 3.05) is 19.6 Å². The molecule has 1 aromatic rings. The number of nitrogens with zero attached hydrogens (tertiary/aromatic N) is 1. The fourth-order valence-corrected chi connectivity index (χ4v) is 3.21. The summed E-state index contributed by atoms with van der Waals surface area (Å²) < 4.78 is 5.79. The minimum atomic E-state index is -0.299. The molecule has 1 aliphatic carbocycles. The van der Waals surface area contributed by atoms with E-state index in [0.29, 0.717) is 12.5 Å². The number of carbonyl (C=O) groups is 1. The smallest absolute Gasteiger partial charge is 0.251 e. The number of hydrogen-bond acceptors (Lipinski definition) is 3. The van der Waals surface area contributed by atoms with Gasteiger partial charge in [0, 0.05) is 24.7 Å². The molecule has 0 aromatic heterocycles. The van der Waals surface area contributed by atoms with E-state index < -0.39 is 0 Å². The second-order valence-corrected chi connectivity index (χ2v) is 7.10. The van der Waals surface area contributed by atoms with E-state index in [1.54, 1.807) is 0 Å². The van der Waals surface area contributed by atoms with Gasteiger partial charge in [-0.25, -0.2) is 0 Å². The van der Waals surface area contributed by atoms with Crippen molar-refractivity contribution in [1.29, 1.82) is 0 Å². The molecule has 1 saturated heterocycles. The molecule has 2 atom stereocenters. The summed E-state index contributed by atoms with van der Waals surface area (Å²) in [4.78, 5) is 14.8. The Bertz CT molecular complexity index is 530. The van der Waals surface area contributed by atoms with Crippen molar-refractivity contribution in [2.45, 2.75) is 44.3 Å². The van der Waals surface area contributed by atoms with Gasteiger partial charge in [0.2, 0.25) is 0 Å². The van der Waals surface area contributed by atoms with Crippen molar-refractivity contribution in [2.24, 2.45) is 11.7 Å². The molecule has 4 nitrogen and oxygen atoms in total. The van der Waals surface area contributed by atoms with Gasteiger partial charge in [-0.1, -0.05) is 23.7 Å². The van der Waals surface area contributed by atoms with Crippen LogP contribution in [0.15, 0.2) is 24.3 Å². The molecule has 0 unspecified atom stereocenters.